The minimum atomic E-state index is 0.123. The summed E-state index contributed by atoms with van der Waals surface area (Å²) < 4.78 is 5.34. The van der Waals surface area contributed by atoms with Crippen molar-refractivity contribution in [1.82, 2.24) is 39.9 Å². The fourth-order valence-corrected chi connectivity index (χ4v) is 29.7. The van der Waals surface area contributed by atoms with E-state index in [4.69, 9.17) is 0 Å². The highest BCUT2D eigenvalue weighted by Crippen LogP contribution is 2.59. The van der Waals surface area contributed by atoms with E-state index in [1.165, 1.54) is 255 Å². The molecule has 0 saturated heterocycles. The molecule has 28 rings (SSSR count). The van der Waals surface area contributed by atoms with Gasteiger partial charge in [0.05, 0.1) is 0 Å². The second-order valence-corrected chi connectivity index (χ2v) is 46.3. The molecule has 144 heavy (non-hydrogen) atoms. The molecular weight excluding hydrogens is 1870 g/mol. The van der Waals surface area contributed by atoms with Crippen LogP contribution in [0.2, 0.25) is 0 Å². The van der Waals surface area contributed by atoms with Crippen molar-refractivity contribution >= 4 is 238 Å². The Labute approximate surface area is 858 Å². The molecule has 0 fully saturated rings. The van der Waals surface area contributed by atoms with E-state index in [1.807, 2.05) is 167 Å². The minimum Gasteiger partial charge on any atom is -0.264 e. The van der Waals surface area contributed by atoms with Crippen molar-refractivity contribution in [2.75, 3.05) is 0 Å². The molecule has 692 valence electrons. The summed E-state index contributed by atoms with van der Waals surface area (Å²) in [6, 6.07) is 98.3. The fourth-order valence-electron chi connectivity index (χ4n) is 21.7. The van der Waals surface area contributed by atoms with Crippen molar-refractivity contribution in [3.8, 4) is 83.5 Å². The normalized spacial score (nSPS) is 12.0. The fraction of sp³-hybridized carbons (Fsp3) is 0.108. The van der Waals surface area contributed by atoms with Gasteiger partial charge in [-0.3, -0.25) is 39.9 Å². The zero-order chi connectivity index (χ0) is 97.7. The monoisotopic (exact) mass is 1960 g/mol. The van der Waals surface area contributed by atoms with Crippen LogP contribution in [-0.2, 0) is 10.8 Å². The van der Waals surface area contributed by atoms with Crippen molar-refractivity contribution in [2.24, 2.45) is 0 Å². The Kier molecular flexibility index (Phi) is 22.5. The molecule has 0 aliphatic rings. The molecule has 14 heterocycles. The van der Waals surface area contributed by atoms with Gasteiger partial charge in [0.15, 0.2) is 0 Å². The van der Waals surface area contributed by atoms with E-state index in [1.54, 1.807) is 0 Å². The standard InChI is InChI=1S/C38H20N2S3.C34H32N2S.C30H24N2S.C28H20N2S/c1-3-13-31-21(7-1)25-9-5-11-27(35(25)41-31)37-33-23-15-17-39-19-29(23)30-20-40-18-16-24(30)34(33)38(43-37)28-12-6-10-26-22-8-2-4-14-32(22)42-36(26)28;1-33(2,3)23-11-7-21(8-12-23)31-29-25-15-17-35-19-27(25)28-20-36-18-16-26(28)30(29)32(37-31)22-9-13-24(14-10-22)34(4,5)6;1-17-9-18(2)12-21(11-17)29-27-23-5-7-31-15-25(23)26-16-32-8-6-24(26)28(27)30(33-29)22-13-19(3)10-20(4)14-22;1-17-3-7-19(8-4-17)27-25-21-11-13-29-15-23(21)24-16-30-14-12-22(24)26(25)28(31-27)20-9-5-18(2)6-10-20/h1-20H;7-20H,1-6H3;5-16H,1-4H3;3-16H,1-2H3. The maximum absolute atomic E-state index is 4.56. The highest BCUT2D eigenvalue weighted by Gasteiger charge is 2.30. The molecule has 0 atom stereocenters. The van der Waals surface area contributed by atoms with Crippen LogP contribution in [0.3, 0.4) is 0 Å². The lowest BCUT2D eigenvalue weighted by Crippen LogP contribution is -2.10. The molecular formula is C130H96N8S6. The van der Waals surface area contributed by atoms with Gasteiger partial charge in [0.25, 0.3) is 0 Å². The largest absolute Gasteiger partial charge is 0.264 e. The molecule has 28 aromatic rings. The second-order valence-electron chi connectivity index (χ2n) is 40.1. The number of benzene rings is 14. The quantitative estimate of drug-likeness (QED) is 0.139. The number of hydrogen-bond acceptors (Lipinski definition) is 14. The highest BCUT2D eigenvalue weighted by molar-refractivity contribution is 7.29. The molecule has 14 aromatic carbocycles. The average Bonchev–Trinajstić information content (AvgIpc) is 1.55. The molecule has 0 saturated carbocycles. The maximum Gasteiger partial charge on any atom is 0.0448 e. The maximum atomic E-state index is 4.56. The van der Waals surface area contributed by atoms with Gasteiger partial charge in [-0.1, -0.05) is 281 Å². The minimum absolute atomic E-state index is 0.123. The second kappa shape index (κ2) is 35.9. The number of hydrogen-bond donors (Lipinski definition) is 0. The van der Waals surface area contributed by atoms with Crippen LogP contribution >= 0.6 is 68.0 Å². The van der Waals surface area contributed by atoms with Gasteiger partial charge in [-0.15, -0.1) is 68.0 Å². The summed E-state index contributed by atoms with van der Waals surface area (Å²) in [5, 5.41) is 34.8. The lowest BCUT2D eigenvalue weighted by Gasteiger charge is -2.19. The number of nitrogens with zero attached hydrogens (tertiary/aromatic N) is 8. The zero-order valence-corrected chi connectivity index (χ0v) is 86.6. The van der Waals surface area contributed by atoms with Crippen molar-refractivity contribution in [2.45, 2.75) is 93.9 Å². The van der Waals surface area contributed by atoms with Crippen molar-refractivity contribution in [1.29, 1.82) is 0 Å². The van der Waals surface area contributed by atoms with E-state index < -0.39 is 0 Å². The summed E-state index contributed by atoms with van der Waals surface area (Å²) in [7, 11) is 0. The summed E-state index contributed by atoms with van der Waals surface area (Å²) >= 11 is 11.4. The summed E-state index contributed by atoms with van der Waals surface area (Å²) in [4.78, 5) is 46.4. The Bertz CT molecular complexity index is 9460. The topological polar surface area (TPSA) is 103 Å². The van der Waals surface area contributed by atoms with Gasteiger partial charge in [-0.2, -0.15) is 0 Å². The Morgan fingerprint density at radius 3 is 0.653 bits per heavy atom. The van der Waals surface area contributed by atoms with E-state index in [0.717, 1.165) is 43.1 Å². The first-order chi connectivity index (χ1) is 70.2. The number of aromatic nitrogens is 8. The number of fused-ring (bicyclic) bond motifs is 30. The van der Waals surface area contributed by atoms with Crippen LogP contribution in [0.5, 0.6) is 0 Å². The van der Waals surface area contributed by atoms with E-state index in [0.29, 0.717) is 0 Å². The van der Waals surface area contributed by atoms with Gasteiger partial charge < -0.3 is 0 Å². The summed E-state index contributed by atoms with van der Waals surface area (Å²) in [5.41, 5.74) is 20.8. The van der Waals surface area contributed by atoms with E-state index in [9.17, 15) is 0 Å². The molecule has 0 spiro atoms. The molecule has 0 N–H and O–H groups in total. The van der Waals surface area contributed by atoms with E-state index >= 15 is 0 Å². The Morgan fingerprint density at radius 2 is 0.396 bits per heavy atom. The van der Waals surface area contributed by atoms with Crippen LogP contribution in [0.1, 0.15) is 86.1 Å². The number of pyridine rings is 8. The Morgan fingerprint density at radius 1 is 0.174 bits per heavy atom. The van der Waals surface area contributed by atoms with Crippen LogP contribution in [-0.4, -0.2) is 39.9 Å². The van der Waals surface area contributed by atoms with Gasteiger partial charge in [0, 0.05) is 276 Å². The first kappa shape index (κ1) is 90.0. The van der Waals surface area contributed by atoms with Gasteiger partial charge in [-0.25, -0.2) is 0 Å². The first-order valence-corrected chi connectivity index (χ1v) is 53.7. The molecule has 0 amide bonds. The summed E-state index contributed by atoms with van der Waals surface area (Å²) in [5.74, 6) is 0. The SMILES string of the molecule is CC(C)(C)c1ccc(-c2sc(-c3ccc(C(C)(C)C)cc3)c3c4ccncc4c4cnccc4c23)cc1.Cc1cc(C)cc(-c2sc(-c3cc(C)cc(C)c3)c3c4ccncc4c4cnccc4c23)c1.Cc1ccc(-c2sc(-c3ccc(C)cc3)c3c4ccncc4c4cnccc4c23)cc1.c1ccc2c(c1)sc1c(-c3sc(-c4cccc5c4sc4ccccc45)c4c5ccncc5c5cnccc5c34)cccc12. The molecule has 0 aliphatic heterocycles. The predicted molar refractivity (Wildman–Crippen MR) is 625 cm³/mol. The highest BCUT2D eigenvalue weighted by atomic mass is 32.1. The Balaban J connectivity index is 0.000000101. The molecule has 0 bridgehead atoms. The van der Waals surface area contributed by atoms with Crippen LogP contribution in [0.25, 0.3) is 253 Å². The first-order valence-electron chi connectivity index (χ1n) is 48.8. The molecule has 8 nitrogen and oxygen atoms in total. The third-order valence-corrected chi connectivity index (χ3v) is 36.0. The summed E-state index contributed by atoms with van der Waals surface area (Å²) in [6.45, 7) is 26.6. The zero-order valence-electron chi connectivity index (χ0n) is 81.7. The van der Waals surface area contributed by atoms with E-state index in [2.05, 4.69) is 390 Å². The number of rotatable bonds is 8. The average molecular weight is 1960 g/mol. The summed E-state index contributed by atoms with van der Waals surface area (Å²) in [6.07, 6.45) is 31.2. The van der Waals surface area contributed by atoms with Crippen molar-refractivity contribution in [3.05, 3.63) is 411 Å². The molecule has 0 aliphatic carbocycles. The number of aryl methyl sites for hydroxylation is 6. The Hall–Kier alpha value is -15.4. The third-order valence-electron chi connectivity index (χ3n) is 28.4. The van der Waals surface area contributed by atoms with Crippen molar-refractivity contribution in [3.63, 3.8) is 0 Å². The smallest absolute Gasteiger partial charge is 0.0448 e. The molecule has 14 aromatic heterocycles. The van der Waals surface area contributed by atoms with Gasteiger partial charge in [-0.05, 0) is 201 Å². The van der Waals surface area contributed by atoms with Crippen LogP contribution in [0.15, 0.2) is 366 Å². The van der Waals surface area contributed by atoms with Crippen LogP contribution < -0.4 is 0 Å². The lowest BCUT2D eigenvalue weighted by atomic mass is 9.86. The van der Waals surface area contributed by atoms with Crippen LogP contribution in [0.4, 0.5) is 0 Å². The third kappa shape index (κ3) is 15.5. The van der Waals surface area contributed by atoms with Gasteiger partial charge >= 0.3 is 0 Å². The van der Waals surface area contributed by atoms with Gasteiger partial charge in [0.2, 0.25) is 0 Å². The predicted octanol–water partition coefficient (Wildman–Crippen LogP) is 38.5. The van der Waals surface area contributed by atoms with Gasteiger partial charge in [0.1, 0.15) is 0 Å². The van der Waals surface area contributed by atoms with Crippen molar-refractivity contribution < 1.29 is 0 Å². The molecule has 14 heteroatoms. The van der Waals surface area contributed by atoms with E-state index in [-0.39, 0.29) is 10.8 Å². The molecule has 0 unspecified atom stereocenters. The molecule has 0 radical (unpaired) electrons. The lowest BCUT2D eigenvalue weighted by molar-refractivity contribution is 0.590. The number of thiophene rings is 6. The van der Waals surface area contributed by atoms with Crippen LogP contribution in [0, 0.1) is 41.5 Å².